The fourth-order valence-electron chi connectivity index (χ4n) is 3.84. The maximum Gasteiger partial charge on any atom is 0.275 e. The summed E-state index contributed by atoms with van der Waals surface area (Å²) in [5, 5.41) is 7.60. The number of morpholine rings is 1. The molecule has 3 heterocycles. The number of para-hydroxylation sites is 1. The molecule has 2 saturated heterocycles. The summed E-state index contributed by atoms with van der Waals surface area (Å²) in [7, 11) is 1.56. The van der Waals surface area contributed by atoms with E-state index in [9.17, 15) is 4.79 Å². The number of nitrogens with one attached hydrogen (secondary N) is 1. The van der Waals surface area contributed by atoms with Crippen LogP contribution >= 0.6 is 11.8 Å². The number of aromatic nitrogens is 2. The second-order valence-electron chi connectivity index (χ2n) is 7.14. The van der Waals surface area contributed by atoms with Crippen molar-refractivity contribution in [2.45, 2.75) is 12.0 Å². The lowest BCUT2D eigenvalue weighted by Gasteiger charge is -2.43. The van der Waals surface area contributed by atoms with E-state index in [0.717, 1.165) is 49.9 Å². The zero-order chi connectivity index (χ0) is 19.4. The van der Waals surface area contributed by atoms with Gasteiger partial charge in [-0.1, -0.05) is 18.2 Å². The highest BCUT2D eigenvalue weighted by atomic mass is 32.2. The van der Waals surface area contributed by atoms with E-state index in [1.54, 1.807) is 18.0 Å². The van der Waals surface area contributed by atoms with Crippen LogP contribution in [0.25, 0.3) is 5.69 Å². The molecule has 8 heteroatoms. The quantitative estimate of drug-likeness (QED) is 0.795. The van der Waals surface area contributed by atoms with Gasteiger partial charge in [-0.2, -0.15) is 16.9 Å². The molecule has 1 amide bonds. The maximum atomic E-state index is 12.9. The average molecular weight is 403 g/mol. The first-order chi connectivity index (χ1) is 13.7. The number of benzene rings is 1. The molecule has 1 unspecified atom stereocenters. The molecule has 1 atom stereocenters. The van der Waals surface area contributed by atoms with Crippen molar-refractivity contribution < 1.29 is 14.3 Å². The highest BCUT2D eigenvalue weighted by Gasteiger charge is 2.41. The Hall–Kier alpha value is -2.03. The van der Waals surface area contributed by atoms with Crippen LogP contribution in [0, 0.1) is 0 Å². The van der Waals surface area contributed by atoms with Gasteiger partial charge in [0.15, 0.2) is 11.4 Å². The third-order valence-electron chi connectivity index (χ3n) is 5.48. The minimum Gasteiger partial charge on any atom is -0.493 e. The molecule has 0 bridgehead atoms. The molecule has 2 aliphatic heterocycles. The normalized spacial score (nSPS) is 22.9. The number of methoxy groups -OCH3 is 1. The van der Waals surface area contributed by atoms with Crippen LogP contribution in [-0.4, -0.2) is 77.6 Å². The number of thioether (sulfide) groups is 1. The molecule has 2 fully saturated rings. The van der Waals surface area contributed by atoms with Crippen LogP contribution in [0.15, 0.2) is 36.5 Å². The van der Waals surface area contributed by atoms with Crippen molar-refractivity contribution in [1.29, 1.82) is 0 Å². The van der Waals surface area contributed by atoms with E-state index in [1.807, 2.05) is 42.1 Å². The molecule has 0 spiro atoms. The highest BCUT2D eigenvalue weighted by molar-refractivity contribution is 7.99. The lowest BCUT2D eigenvalue weighted by atomic mass is 9.95. The number of amides is 1. The van der Waals surface area contributed by atoms with Crippen LogP contribution in [0.4, 0.5) is 0 Å². The number of ether oxygens (including phenoxy) is 2. The summed E-state index contributed by atoms with van der Waals surface area (Å²) in [6.45, 7) is 3.97. The summed E-state index contributed by atoms with van der Waals surface area (Å²) in [4.78, 5) is 15.4. The summed E-state index contributed by atoms with van der Waals surface area (Å²) in [5.74, 6) is 2.43. The summed E-state index contributed by atoms with van der Waals surface area (Å²) >= 11 is 1.95. The van der Waals surface area contributed by atoms with Crippen LogP contribution in [0.3, 0.4) is 0 Å². The largest absolute Gasteiger partial charge is 0.493 e. The summed E-state index contributed by atoms with van der Waals surface area (Å²) in [6, 6.07) is 9.71. The zero-order valence-electron chi connectivity index (χ0n) is 16.1. The van der Waals surface area contributed by atoms with E-state index in [-0.39, 0.29) is 11.4 Å². The number of hydrogen-bond acceptors (Lipinski definition) is 6. The van der Waals surface area contributed by atoms with Crippen molar-refractivity contribution in [3.63, 3.8) is 0 Å². The molecule has 2 aliphatic rings. The molecule has 4 rings (SSSR count). The number of carbonyl (C=O) groups excluding carboxylic acids is 1. The van der Waals surface area contributed by atoms with Crippen molar-refractivity contribution in [2.75, 3.05) is 51.5 Å². The smallest absolute Gasteiger partial charge is 0.275 e. The lowest BCUT2D eigenvalue weighted by molar-refractivity contribution is -0.0129. The SMILES string of the molecule is COc1cn(-c2ccccc2)nc1C(=O)NCC1(N2CCOCC2)CCSC1. The molecule has 1 aromatic heterocycles. The van der Waals surface area contributed by atoms with Crippen LogP contribution in [0.2, 0.25) is 0 Å². The van der Waals surface area contributed by atoms with Crippen LogP contribution in [0.1, 0.15) is 16.9 Å². The Morgan fingerprint density at radius 1 is 1.32 bits per heavy atom. The Kier molecular flexibility index (Phi) is 5.89. The van der Waals surface area contributed by atoms with Crippen molar-refractivity contribution in [2.24, 2.45) is 0 Å². The van der Waals surface area contributed by atoms with E-state index in [1.165, 1.54) is 0 Å². The maximum absolute atomic E-state index is 12.9. The minimum atomic E-state index is -0.198. The zero-order valence-corrected chi connectivity index (χ0v) is 16.9. The predicted molar refractivity (Wildman–Crippen MR) is 110 cm³/mol. The molecule has 0 aliphatic carbocycles. The third-order valence-corrected chi connectivity index (χ3v) is 6.71. The van der Waals surface area contributed by atoms with Crippen molar-refractivity contribution in [3.05, 3.63) is 42.2 Å². The van der Waals surface area contributed by atoms with E-state index in [0.29, 0.717) is 18.0 Å². The van der Waals surface area contributed by atoms with Gasteiger partial charge in [-0.05, 0) is 24.3 Å². The molecule has 28 heavy (non-hydrogen) atoms. The van der Waals surface area contributed by atoms with E-state index in [4.69, 9.17) is 9.47 Å². The lowest BCUT2D eigenvalue weighted by Crippen LogP contribution is -2.59. The Morgan fingerprint density at radius 3 is 2.79 bits per heavy atom. The van der Waals surface area contributed by atoms with Gasteiger partial charge in [0.25, 0.3) is 5.91 Å². The van der Waals surface area contributed by atoms with Gasteiger partial charge < -0.3 is 14.8 Å². The van der Waals surface area contributed by atoms with Crippen molar-refractivity contribution in [3.8, 4) is 11.4 Å². The Labute approximate surface area is 169 Å². The monoisotopic (exact) mass is 402 g/mol. The number of nitrogens with zero attached hydrogens (tertiary/aromatic N) is 3. The van der Waals surface area contributed by atoms with Gasteiger partial charge in [0, 0.05) is 30.9 Å². The second kappa shape index (κ2) is 8.55. The highest BCUT2D eigenvalue weighted by Crippen LogP contribution is 2.33. The molecule has 2 aromatic rings. The average Bonchev–Trinajstić information content (AvgIpc) is 3.41. The fourth-order valence-corrected chi connectivity index (χ4v) is 5.32. The minimum absolute atomic E-state index is 0.000657. The van der Waals surface area contributed by atoms with Gasteiger partial charge in [-0.25, -0.2) is 4.68 Å². The van der Waals surface area contributed by atoms with Crippen LogP contribution in [-0.2, 0) is 4.74 Å². The fraction of sp³-hybridized carbons (Fsp3) is 0.500. The van der Waals surface area contributed by atoms with E-state index >= 15 is 0 Å². The van der Waals surface area contributed by atoms with E-state index < -0.39 is 0 Å². The van der Waals surface area contributed by atoms with Gasteiger partial charge in [0.05, 0.1) is 32.2 Å². The molecular weight excluding hydrogens is 376 g/mol. The third kappa shape index (κ3) is 3.90. The Bertz CT molecular complexity index is 799. The number of carbonyl (C=O) groups is 1. The van der Waals surface area contributed by atoms with Gasteiger partial charge in [-0.3, -0.25) is 9.69 Å². The van der Waals surface area contributed by atoms with Gasteiger partial charge in [0.1, 0.15) is 0 Å². The predicted octanol–water partition coefficient (Wildman–Crippen LogP) is 1.82. The van der Waals surface area contributed by atoms with Crippen molar-refractivity contribution >= 4 is 17.7 Å². The molecule has 1 N–H and O–H groups in total. The number of rotatable bonds is 6. The first-order valence-corrected chi connectivity index (χ1v) is 10.8. The Balaban J connectivity index is 1.49. The molecule has 0 radical (unpaired) electrons. The molecule has 150 valence electrons. The Morgan fingerprint density at radius 2 is 2.11 bits per heavy atom. The molecule has 0 saturated carbocycles. The summed E-state index contributed by atoms with van der Waals surface area (Å²) in [6.07, 6.45) is 2.82. The van der Waals surface area contributed by atoms with Crippen LogP contribution in [0.5, 0.6) is 5.75 Å². The molecule has 1 aromatic carbocycles. The van der Waals surface area contributed by atoms with Crippen LogP contribution < -0.4 is 10.1 Å². The summed E-state index contributed by atoms with van der Waals surface area (Å²) < 4.78 is 12.6. The van der Waals surface area contributed by atoms with Gasteiger partial charge >= 0.3 is 0 Å². The first kappa shape index (κ1) is 19.3. The second-order valence-corrected chi connectivity index (χ2v) is 8.24. The topological polar surface area (TPSA) is 68.6 Å². The first-order valence-electron chi connectivity index (χ1n) is 9.60. The van der Waals surface area contributed by atoms with E-state index in [2.05, 4.69) is 15.3 Å². The number of hydrogen-bond donors (Lipinski definition) is 1. The van der Waals surface area contributed by atoms with Gasteiger partial charge in [0.2, 0.25) is 0 Å². The molecule has 7 nitrogen and oxygen atoms in total. The van der Waals surface area contributed by atoms with Gasteiger partial charge in [-0.15, -0.1) is 0 Å². The van der Waals surface area contributed by atoms with Crippen molar-refractivity contribution in [1.82, 2.24) is 20.0 Å². The summed E-state index contributed by atoms with van der Waals surface area (Å²) in [5.41, 5.74) is 1.20. The standard InChI is InChI=1S/C20H26N4O3S/c1-26-17-13-24(16-5-3-2-4-6-16)22-18(17)19(25)21-14-20(7-12-28-15-20)23-8-10-27-11-9-23/h2-6,13H,7-12,14-15H2,1H3,(H,21,25). The molecular formula is C20H26N4O3S.